The van der Waals surface area contributed by atoms with Crippen molar-refractivity contribution in [3.8, 4) is 0 Å². The van der Waals surface area contributed by atoms with E-state index in [0.29, 0.717) is 12.3 Å². The maximum Gasteiger partial charge on any atom is 0.253 e. The number of amides is 1. The molecule has 26 heavy (non-hydrogen) atoms. The van der Waals surface area contributed by atoms with Crippen molar-refractivity contribution in [2.75, 3.05) is 19.7 Å². The van der Waals surface area contributed by atoms with Crippen LogP contribution >= 0.6 is 0 Å². The number of benzene rings is 1. The molecule has 1 fully saturated rings. The summed E-state index contributed by atoms with van der Waals surface area (Å²) in [7, 11) is 0. The van der Waals surface area contributed by atoms with Crippen LogP contribution in [-0.4, -0.2) is 55.6 Å². The number of aromatic amines is 1. The Morgan fingerprint density at radius 2 is 2.27 bits per heavy atom. The van der Waals surface area contributed by atoms with Crippen LogP contribution in [0.25, 0.3) is 10.9 Å². The second-order valence-electron chi connectivity index (χ2n) is 6.94. The second kappa shape index (κ2) is 7.29. The molecule has 3 aromatic rings. The lowest BCUT2D eigenvalue weighted by molar-refractivity contribution is 0.0659. The topological polar surface area (TPSA) is 87.0 Å². The lowest BCUT2D eigenvalue weighted by atomic mass is 9.97. The summed E-state index contributed by atoms with van der Waals surface area (Å²) in [5.41, 5.74) is 2.59. The third-order valence-corrected chi connectivity index (χ3v) is 5.01. The van der Waals surface area contributed by atoms with Gasteiger partial charge in [0.1, 0.15) is 0 Å². The van der Waals surface area contributed by atoms with E-state index in [-0.39, 0.29) is 12.5 Å². The Hall–Kier alpha value is -2.67. The number of nitrogens with one attached hydrogen (secondary N) is 1. The lowest BCUT2D eigenvalue weighted by Crippen LogP contribution is -2.41. The highest BCUT2D eigenvalue weighted by Gasteiger charge is 2.25. The van der Waals surface area contributed by atoms with Gasteiger partial charge in [0.25, 0.3) is 5.91 Å². The lowest BCUT2D eigenvalue weighted by Gasteiger charge is -2.32. The van der Waals surface area contributed by atoms with Gasteiger partial charge in [-0.1, -0.05) is 5.21 Å². The molecule has 1 aliphatic rings. The normalized spacial score (nSPS) is 17.7. The molecule has 4 rings (SSSR count). The monoisotopic (exact) mass is 353 g/mol. The van der Waals surface area contributed by atoms with E-state index in [0.717, 1.165) is 54.6 Å². The van der Waals surface area contributed by atoms with Crippen LogP contribution in [0.3, 0.4) is 0 Å². The van der Waals surface area contributed by atoms with E-state index in [2.05, 4.69) is 15.3 Å². The van der Waals surface area contributed by atoms with Gasteiger partial charge in [0.15, 0.2) is 0 Å². The van der Waals surface area contributed by atoms with Gasteiger partial charge in [-0.15, -0.1) is 5.10 Å². The molecule has 1 amide bonds. The highest BCUT2D eigenvalue weighted by atomic mass is 16.3. The minimum atomic E-state index is 0.0793. The predicted octanol–water partition coefficient (Wildman–Crippen LogP) is 1.85. The molecule has 1 atom stereocenters. The van der Waals surface area contributed by atoms with Crippen LogP contribution in [0, 0.1) is 5.92 Å². The van der Waals surface area contributed by atoms with Gasteiger partial charge in [0, 0.05) is 61.5 Å². The Kier molecular flexibility index (Phi) is 4.71. The average molecular weight is 353 g/mol. The summed E-state index contributed by atoms with van der Waals surface area (Å²) < 4.78 is 1.83. The van der Waals surface area contributed by atoms with E-state index in [1.807, 2.05) is 46.2 Å². The van der Waals surface area contributed by atoms with Gasteiger partial charge < -0.3 is 15.0 Å². The Morgan fingerprint density at radius 1 is 1.35 bits per heavy atom. The molecule has 0 aliphatic carbocycles. The second-order valence-corrected chi connectivity index (χ2v) is 6.94. The highest BCUT2D eigenvalue weighted by molar-refractivity contribution is 5.98. The molecule has 0 radical (unpaired) electrons. The van der Waals surface area contributed by atoms with Crippen LogP contribution < -0.4 is 0 Å². The number of aromatic nitrogens is 4. The number of hydrogen-bond acceptors (Lipinski definition) is 4. The quantitative estimate of drug-likeness (QED) is 0.733. The summed E-state index contributed by atoms with van der Waals surface area (Å²) in [5.74, 6) is 0.463. The summed E-state index contributed by atoms with van der Waals surface area (Å²) in [6.07, 6.45) is 6.38. The largest absolute Gasteiger partial charge is 0.396 e. The Balaban J connectivity index is 1.42. The first-order chi connectivity index (χ1) is 12.7. The third-order valence-electron chi connectivity index (χ3n) is 5.01. The third kappa shape index (κ3) is 3.48. The van der Waals surface area contributed by atoms with E-state index in [9.17, 15) is 4.79 Å². The zero-order valence-electron chi connectivity index (χ0n) is 14.6. The molecule has 3 heterocycles. The number of H-pyrrole nitrogens is 1. The summed E-state index contributed by atoms with van der Waals surface area (Å²) in [6, 6.07) is 7.79. The molecular weight excluding hydrogens is 330 g/mol. The van der Waals surface area contributed by atoms with Crippen molar-refractivity contribution in [2.24, 2.45) is 5.92 Å². The number of nitrogens with zero attached hydrogens (tertiary/aromatic N) is 4. The van der Waals surface area contributed by atoms with Crippen LogP contribution in [0.15, 0.2) is 36.7 Å². The van der Waals surface area contributed by atoms with Crippen LogP contribution in [0.2, 0.25) is 0 Å². The number of piperidine rings is 1. The van der Waals surface area contributed by atoms with Gasteiger partial charge in [-0.05, 0) is 43.0 Å². The van der Waals surface area contributed by atoms with Gasteiger partial charge in [-0.25, -0.2) is 0 Å². The van der Waals surface area contributed by atoms with Crippen LogP contribution in [0.1, 0.15) is 28.9 Å². The van der Waals surface area contributed by atoms with E-state index in [1.54, 1.807) is 0 Å². The van der Waals surface area contributed by atoms with Gasteiger partial charge in [0.2, 0.25) is 0 Å². The number of carbonyl (C=O) groups is 1. The van der Waals surface area contributed by atoms with Crippen molar-refractivity contribution >= 4 is 16.8 Å². The molecule has 2 aromatic heterocycles. The maximum atomic E-state index is 12.9. The molecule has 0 spiro atoms. The molecule has 0 unspecified atom stereocenters. The zero-order chi connectivity index (χ0) is 17.9. The van der Waals surface area contributed by atoms with Crippen LogP contribution in [-0.2, 0) is 13.0 Å². The molecule has 1 aliphatic heterocycles. The first-order valence-corrected chi connectivity index (χ1v) is 9.09. The molecule has 7 heteroatoms. The minimum absolute atomic E-state index is 0.0793. The van der Waals surface area contributed by atoms with E-state index in [4.69, 9.17) is 5.11 Å². The van der Waals surface area contributed by atoms with Gasteiger partial charge in [-0.2, -0.15) is 0 Å². The molecule has 2 N–H and O–H groups in total. The van der Waals surface area contributed by atoms with Crippen molar-refractivity contribution in [3.63, 3.8) is 0 Å². The number of aliphatic hydroxyl groups excluding tert-OH is 1. The van der Waals surface area contributed by atoms with Gasteiger partial charge >= 0.3 is 0 Å². The fourth-order valence-electron chi connectivity index (χ4n) is 3.69. The smallest absolute Gasteiger partial charge is 0.253 e. The number of rotatable bonds is 5. The number of likely N-dealkylation sites (tertiary alicyclic amines) is 1. The molecule has 1 aromatic carbocycles. The number of carbonyl (C=O) groups excluding carboxylic acids is 1. The summed E-state index contributed by atoms with van der Waals surface area (Å²) in [4.78, 5) is 18.0. The maximum absolute atomic E-state index is 12.9. The molecule has 0 bridgehead atoms. The zero-order valence-corrected chi connectivity index (χ0v) is 14.6. The number of aliphatic hydroxyl groups is 1. The van der Waals surface area contributed by atoms with Crippen molar-refractivity contribution < 1.29 is 9.90 Å². The van der Waals surface area contributed by atoms with E-state index < -0.39 is 0 Å². The standard InChI is InChI=1S/C19H23N5O2/c25-9-6-17-13-24(22-21-17)12-14-2-1-8-23(11-14)19(26)16-3-4-18-15(10-16)5-7-20-18/h3-5,7,10,13-14,20,25H,1-2,6,8-9,11-12H2/t14-/m0/s1. The SMILES string of the molecule is O=C(c1ccc2[nH]ccc2c1)N1CCC[C@H](Cn2cc(CCO)nn2)C1. The Bertz CT molecular complexity index is 900. The minimum Gasteiger partial charge on any atom is -0.396 e. The fourth-order valence-corrected chi connectivity index (χ4v) is 3.69. The molecule has 1 saturated heterocycles. The Morgan fingerprint density at radius 3 is 3.15 bits per heavy atom. The molecular formula is C19H23N5O2. The van der Waals surface area contributed by atoms with Crippen molar-refractivity contribution in [3.05, 3.63) is 47.9 Å². The van der Waals surface area contributed by atoms with Crippen LogP contribution in [0.4, 0.5) is 0 Å². The number of hydrogen-bond donors (Lipinski definition) is 2. The first-order valence-electron chi connectivity index (χ1n) is 9.09. The van der Waals surface area contributed by atoms with Gasteiger partial charge in [-0.3, -0.25) is 9.48 Å². The predicted molar refractivity (Wildman–Crippen MR) is 97.7 cm³/mol. The highest BCUT2D eigenvalue weighted by Crippen LogP contribution is 2.22. The Labute approximate surface area is 151 Å². The number of fused-ring (bicyclic) bond motifs is 1. The summed E-state index contributed by atoms with van der Waals surface area (Å²) in [6.45, 7) is 2.36. The van der Waals surface area contributed by atoms with Crippen LogP contribution in [0.5, 0.6) is 0 Å². The average Bonchev–Trinajstić information content (AvgIpc) is 3.30. The van der Waals surface area contributed by atoms with Crippen molar-refractivity contribution in [1.29, 1.82) is 0 Å². The summed E-state index contributed by atoms with van der Waals surface area (Å²) in [5, 5.41) is 18.2. The molecule has 136 valence electrons. The molecule has 0 saturated carbocycles. The van der Waals surface area contributed by atoms with Crippen molar-refractivity contribution in [1.82, 2.24) is 24.9 Å². The van der Waals surface area contributed by atoms with E-state index >= 15 is 0 Å². The van der Waals surface area contributed by atoms with Crippen molar-refractivity contribution in [2.45, 2.75) is 25.8 Å². The fraction of sp³-hybridized carbons (Fsp3) is 0.421. The first kappa shape index (κ1) is 16.8. The van der Waals surface area contributed by atoms with Gasteiger partial charge in [0.05, 0.1) is 5.69 Å². The van der Waals surface area contributed by atoms with E-state index in [1.165, 1.54) is 0 Å². The molecule has 7 nitrogen and oxygen atoms in total. The summed E-state index contributed by atoms with van der Waals surface area (Å²) >= 11 is 0.